The van der Waals surface area contributed by atoms with E-state index in [4.69, 9.17) is 20.2 Å². The summed E-state index contributed by atoms with van der Waals surface area (Å²) in [7, 11) is 1.66. The summed E-state index contributed by atoms with van der Waals surface area (Å²) in [5, 5.41) is 0. The van der Waals surface area contributed by atoms with Gasteiger partial charge in [-0.2, -0.15) is 0 Å². The number of aromatic nitrogens is 2. The molecule has 8 nitrogen and oxygen atoms in total. The third kappa shape index (κ3) is 5.73. The number of ether oxygens (including phenoxy) is 2. The zero-order chi connectivity index (χ0) is 19.5. The molecule has 0 atom stereocenters. The van der Waals surface area contributed by atoms with Crippen molar-refractivity contribution in [3.63, 3.8) is 0 Å². The summed E-state index contributed by atoms with van der Waals surface area (Å²) >= 11 is 0. The number of nitrogens with two attached hydrogens (primary N) is 1. The molecule has 2 aliphatic heterocycles. The molecule has 0 unspecified atom stereocenters. The number of anilines is 1. The summed E-state index contributed by atoms with van der Waals surface area (Å²) in [5.41, 5.74) is 7.04. The van der Waals surface area contributed by atoms with Crippen molar-refractivity contribution in [2.24, 2.45) is 11.7 Å². The van der Waals surface area contributed by atoms with E-state index in [9.17, 15) is 4.79 Å². The Hall–Kier alpha value is -1.19. The quantitative estimate of drug-likeness (QED) is 0.713. The molecule has 0 bridgehead atoms. The highest BCUT2D eigenvalue weighted by Crippen LogP contribution is 2.36. The van der Waals surface area contributed by atoms with Crippen LogP contribution in [-0.4, -0.2) is 73.3 Å². The van der Waals surface area contributed by atoms with Gasteiger partial charge in [0.1, 0.15) is 12.4 Å². The fourth-order valence-electron chi connectivity index (χ4n) is 4.37. The van der Waals surface area contributed by atoms with Crippen LogP contribution in [0.4, 0.5) is 5.82 Å². The predicted octanol–water partition coefficient (Wildman–Crippen LogP) is 1.75. The van der Waals surface area contributed by atoms with Crippen molar-refractivity contribution >= 4 is 36.5 Å². The van der Waals surface area contributed by atoms with Gasteiger partial charge in [0.2, 0.25) is 5.91 Å². The van der Waals surface area contributed by atoms with Gasteiger partial charge in [-0.05, 0) is 25.7 Å². The summed E-state index contributed by atoms with van der Waals surface area (Å²) in [4.78, 5) is 26.4. The Morgan fingerprint density at radius 2 is 1.83 bits per heavy atom. The summed E-state index contributed by atoms with van der Waals surface area (Å²) < 4.78 is 10.6. The van der Waals surface area contributed by atoms with E-state index in [1.54, 1.807) is 7.11 Å². The van der Waals surface area contributed by atoms with Crippen molar-refractivity contribution in [2.45, 2.75) is 44.2 Å². The van der Waals surface area contributed by atoms with Gasteiger partial charge >= 0.3 is 0 Å². The number of methoxy groups -OCH3 is 1. The van der Waals surface area contributed by atoms with Crippen LogP contribution in [0.1, 0.15) is 43.1 Å². The molecular formula is C20H33Cl2N5O3. The zero-order valence-corrected chi connectivity index (χ0v) is 19.1. The number of rotatable bonds is 5. The highest BCUT2D eigenvalue weighted by molar-refractivity contribution is 5.85. The Bertz CT molecular complexity index is 691. The van der Waals surface area contributed by atoms with Crippen LogP contribution in [-0.2, 0) is 20.9 Å². The van der Waals surface area contributed by atoms with Crippen LogP contribution < -0.4 is 10.6 Å². The van der Waals surface area contributed by atoms with Crippen LogP contribution in [0, 0.1) is 5.92 Å². The molecule has 30 heavy (non-hydrogen) atoms. The lowest BCUT2D eigenvalue weighted by Crippen LogP contribution is -2.47. The molecule has 3 aliphatic rings. The van der Waals surface area contributed by atoms with Crippen molar-refractivity contribution in [3.05, 3.63) is 17.6 Å². The summed E-state index contributed by atoms with van der Waals surface area (Å²) in [6, 6.07) is 2.40. The Labute approximate surface area is 190 Å². The van der Waals surface area contributed by atoms with E-state index in [-0.39, 0.29) is 42.7 Å². The average molecular weight is 462 g/mol. The SMILES string of the molecule is COCc1nc(C2CC(N)C2)cc(N2CCC(C(=O)N3CCOCC3)CC2)n1.Cl.Cl. The van der Waals surface area contributed by atoms with Crippen molar-refractivity contribution in [3.8, 4) is 0 Å². The van der Waals surface area contributed by atoms with Crippen LogP contribution in [0.15, 0.2) is 6.07 Å². The van der Waals surface area contributed by atoms with Crippen molar-refractivity contribution in [2.75, 3.05) is 51.4 Å². The largest absolute Gasteiger partial charge is 0.378 e. The Morgan fingerprint density at radius 3 is 2.43 bits per heavy atom. The topological polar surface area (TPSA) is 93.8 Å². The Kier molecular flexibility index (Phi) is 9.56. The van der Waals surface area contributed by atoms with Crippen molar-refractivity contribution < 1.29 is 14.3 Å². The minimum absolute atomic E-state index is 0. The lowest BCUT2D eigenvalue weighted by molar-refractivity contribution is -0.140. The summed E-state index contributed by atoms with van der Waals surface area (Å²) in [5.74, 6) is 2.50. The third-order valence-electron chi connectivity index (χ3n) is 6.14. The van der Waals surface area contributed by atoms with Crippen LogP contribution >= 0.6 is 24.8 Å². The molecule has 0 spiro atoms. The van der Waals surface area contributed by atoms with E-state index in [1.165, 1.54) is 0 Å². The molecule has 1 aromatic heterocycles. The number of nitrogens with zero attached hydrogens (tertiary/aromatic N) is 4. The average Bonchev–Trinajstić information content (AvgIpc) is 2.72. The minimum Gasteiger partial charge on any atom is -0.378 e. The van der Waals surface area contributed by atoms with Gasteiger partial charge in [-0.25, -0.2) is 9.97 Å². The fourth-order valence-corrected chi connectivity index (χ4v) is 4.37. The van der Waals surface area contributed by atoms with E-state index in [1.807, 2.05) is 4.90 Å². The molecule has 1 aromatic rings. The molecule has 0 aromatic carbocycles. The van der Waals surface area contributed by atoms with Crippen molar-refractivity contribution in [1.29, 1.82) is 0 Å². The second-order valence-electron chi connectivity index (χ2n) is 8.13. The second-order valence-corrected chi connectivity index (χ2v) is 8.13. The fraction of sp³-hybridized carbons (Fsp3) is 0.750. The number of carbonyl (C=O) groups excluding carboxylic acids is 1. The first kappa shape index (κ1) is 25.1. The monoisotopic (exact) mass is 461 g/mol. The van der Waals surface area contributed by atoms with Gasteiger partial charge in [-0.3, -0.25) is 4.79 Å². The number of hydrogen-bond acceptors (Lipinski definition) is 7. The normalized spacial score (nSPS) is 24.5. The molecule has 10 heteroatoms. The van der Waals surface area contributed by atoms with E-state index >= 15 is 0 Å². The lowest BCUT2D eigenvalue weighted by atomic mass is 9.78. The van der Waals surface area contributed by atoms with Crippen LogP contribution in [0.2, 0.25) is 0 Å². The molecule has 170 valence electrons. The van der Waals surface area contributed by atoms with E-state index in [2.05, 4.69) is 16.0 Å². The second kappa shape index (κ2) is 11.4. The van der Waals surface area contributed by atoms with Gasteiger partial charge < -0.3 is 25.0 Å². The molecule has 1 amide bonds. The number of hydrogen-bond donors (Lipinski definition) is 1. The third-order valence-corrected chi connectivity index (χ3v) is 6.14. The molecule has 2 saturated heterocycles. The Balaban J connectivity index is 0.00000160. The van der Waals surface area contributed by atoms with Gasteiger partial charge in [-0.15, -0.1) is 24.8 Å². The number of halogens is 2. The van der Waals surface area contributed by atoms with Gasteiger partial charge in [0, 0.05) is 62.9 Å². The number of carbonyl (C=O) groups is 1. The van der Waals surface area contributed by atoms with Crippen LogP contribution in [0.5, 0.6) is 0 Å². The molecule has 2 N–H and O–H groups in total. The maximum Gasteiger partial charge on any atom is 0.225 e. The molecular weight excluding hydrogens is 429 g/mol. The van der Waals surface area contributed by atoms with E-state index < -0.39 is 0 Å². The highest BCUT2D eigenvalue weighted by atomic mass is 35.5. The maximum atomic E-state index is 12.8. The highest BCUT2D eigenvalue weighted by Gasteiger charge is 2.32. The molecule has 0 radical (unpaired) electrons. The van der Waals surface area contributed by atoms with Gasteiger partial charge in [-0.1, -0.05) is 0 Å². The molecule has 3 fully saturated rings. The Morgan fingerprint density at radius 1 is 1.17 bits per heavy atom. The van der Waals surface area contributed by atoms with Gasteiger partial charge in [0.15, 0.2) is 5.82 Å². The predicted molar refractivity (Wildman–Crippen MR) is 120 cm³/mol. The molecule has 1 saturated carbocycles. The first-order valence-corrected chi connectivity index (χ1v) is 10.4. The number of amides is 1. The van der Waals surface area contributed by atoms with E-state index in [0.717, 1.165) is 69.2 Å². The van der Waals surface area contributed by atoms with Crippen LogP contribution in [0.25, 0.3) is 0 Å². The molecule has 3 heterocycles. The maximum absolute atomic E-state index is 12.8. The van der Waals surface area contributed by atoms with Gasteiger partial charge in [0.05, 0.1) is 13.2 Å². The lowest BCUT2D eigenvalue weighted by Gasteiger charge is -2.37. The summed E-state index contributed by atoms with van der Waals surface area (Å²) in [6.45, 7) is 4.84. The summed E-state index contributed by atoms with van der Waals surface area (Å²) in [6.07, 6.45) is 3.70. The first-order chi connectivity index (χ1) is 13.6. The minimum atomic E-state index is 0. The standard InChI is InChI=1S/C20H31N5O3.2ClH/c1-27-13-18-22-17(15-10-16(21)11-15)12-19(23-18)24-4-2-14(3-5-24)20(26)25-6-8-28-9-7-25;;/h12,14-16H,2-11,13,21H2,1H3;2*1H. The first-order valence-electron chi connectivity index (χ1n) is 10.4. The zero-order valence-electron chi connectivity index (χ0n) is 17.5. The van der Waals surface area contributed by atoms with E-state index in [0.29, 0.717) is 25.7 Å². The number of piperidine rings is 1. The number of morpholine rings is 1. The molecule has 4 rings (SSSR count). The van der Waals surface area contributed by atoms with Crippen molar-refractivity contribution in [1.82, 2.24) is 14.9 Å². The smallest absolute Gasteiger partial charge is 0.225 e. The van der Waals surface area contributed by atoms with Crippen LogP contribution in [0.3, 0.4) is 0 Å². The van der Waals surface area contributed by atoms with Gasteiger partial charge in [0.25, 0.3) is 0 Å². The molecule has 1 aliphatic carbocycles.